The van der Waals surface area contributed by atoms with Crippen molar-refractivity contribution in [2.75, 3.05) is 32.3 Å². The standard InChI is InChI=1S/C14H19N5O2/c1-20-8-11-5-18(7-12-4-15-10-19(12)6-11)13-3-14(21-2)17-9-16-13/h3-4,9-11H,5-8H2,1-2H3/t11-/m1/s1. The van der Waals surface area contributed by atoms with Gasteiger partial charge in [-0.3, -0.25) is 0 Å². The molecule has 1 atom stereocenters. The smallest absolute Gasteiger partial charge is 0.218 e. The molecule has 112 valence electrons. The van der Waals surface area contributed by atoms with E-state index >= 15 is 0 Å². The van der Waals surface area contributed by atoms with E-state index in [1.54, 1.807) is 14.2 Å². The van der Waals surface area contributed by atoms with E-state index in [9.17, 15) is 0 Å². The quantitative estimate of drug-likeness (QED) is 0.835. The zero-order valence-electron chi connectivity index (χ0n) is 12.3. The maximum Gasteiger partial charge on any atom is 0.218 e. The van der Waals surface area contributed by atoms with Crippen LogP contribution in [0.3, 0.4) is 0 Å². The van der Waals surface area contributed by atoms with Crippen LogP contribution in [-0.4, -0.2) is 46.9 Å². The number of aromatic nitrogens is 4. The first-order valence-corrected chi connectivity index (χ1v) is 6.89. The summed E-state index contributed by atoms with van der Waals surface area (Å²) in [5.74, 6) is 1.81. The molecule has 0 saturated carbocycles. The summed E-state index contributed by atoms with van der Waals surface area (Å²) >= 11 is 0. The third-order valence-electron chi connectivity index (χ3n) is 3.65. The van der Waals surface area contributed by atoms with Crippen LogP contribution in [0.1, 0.15) is 5.69 Å². The Morgan fingerprint density at radius 1 is 1.29 bits per heavy atom. The lowest BCUT2D eigenvalue weighted by atomic mass is 10.1. The molecule has 0 N–H and O–H groups in total. The van der Waals surface area contributed by atoms with Crippen LogP contribution in [-0.2, 0) is 17.8 Å². The van der Waals surface area contributed by atoms with Crippen LogP contribution in [0.5, 0.6) is 5.88 Å². The predicted molar refractivity (Wildman–Crippen MR) is 77.2 cm³/mol. The fourth-order valence-electron chi connectivity index (χ4n) is 2.68. The highest BCUT2D eigenvalue weighted by Crippen LogP contribution is 2.23. The molecular weight excluding hydrogens is 270 g/mol. The lowest BCUT2D eigenvalue weighted by Gasteiger charge is -2.24. The summed E-state index contributed by atoms with van der Waals surface area (Å²) in [4.78, 5) is 14.9. The first kappa shape index (κ1) is 13.8. The predicted octanol–water partition coefficient (Wildman–Crippen LogP) is 0.964. The maximum absolute atomic E-state index is 5.34. The molecule has 0 bridgehead atoms. The van der Waals surface area contributed by atoms with Gasteiger partial charge in [0.05, 0.1) is 32.3 Å². The van der Waals surface area contributed by atoms with Gasteiger partial charge in [0.2, 0.25) is 5.88 Å². The Labute approximate surface area is 123 Å². The monoisotopic (exact) mass is 289 g/mol. The summed E-state index contributed by atoms with van der Waals surface area (Å²) in [5, 5.41) is 0. The van der Waals surface area contributed by atoms with Crippen molar-refractivity contribution < 1.29 is 9.47 Å². The van der Waals surface area contributed by atoms with Gasteiger partial charge < -0.3 is 18.9 Å². The number of rotatable bonds is 4. The largest absolute Gasteiger partial charge is 0.481 e. The van der Waals surface area contributed by atoms with Crippen LogP contribution < -0.4 is 9.64 Å². The van der Waals surface area contributed by atoms with Gasteiger partial charge in [-0.2, -0.15) is 0 Å². The average molecular weight is 289 g/mol. The van der Waals surface area contributed by atoms with E-state index in [4.69, 9.17) is 9.47 Å². The van der Waals surface area contributed by atoms with Crippen LogP contribution >= 0.6 is 0 Å². The van der Waals surface area contributed by atoms with Crippen LogP contribution in [0.15, 0.2) is 24.9 Å². The molecule has 21 heavy (non-hydrogen) atoms. The van der Waals surface area contributed by atoms with Crippen molar-refractivity contribution in [3.63, 3.8) is 0 Å². The Balaban J connectivity index is 1.89. The Kier molecular flexibility index (Phi) is 4.01. The number of anilines is 1. The van der Waals surface area contributed by atoms with Crippen LogP contribution in [0.4, 0.5) is 5.82 Å². The number of imidazole rings is 1. The molecule has 3 rings (SSSR count). The molecule has 1 aliphatic heterocycles. The van der Waals surface area contributed by atoms with Gasteiger partial charge in [0.25, 0.3) is 0 Å². The molecule has 7 nitrogen and oxygen atoms in total. The molecule has 3 heterocycles. The van der Waals surface area contributed by atoms with Gasteiger partial charge in [0.15, 0.2) is 0 Å². The maximum atomic E-state index is 5.34. The van der Waals surface area contributed by atoms with E-state index in [0.717, 1.165) is 25.5 Å². The summed E-state index contributed by atoms with van der Waals surface area (Å²) in [7, 11) is 3.34. The van der Waals surface area contributed by atoms with E-state index in [-0.39, 0.29) is 0 Å². The number of hydrogen-bond donors (Lipinski definition) is 0. The zero-order valence-corrected chi connectivity index (χ0v) is 12.3. The van der Waals surface area contributed by atoms with Crippen LogP contribution in [0.25, 0.3) is 0 Å². The minimum atomic E-state index is 0.381. The van der Waals surface area contributed by atoms with Crippen LogP contribution in [0.2, 0.25) is 0 Å². The molecule has 7 heteroatoms. The minimum absolute atomic E-state index is 0.381. The zero-order chi connectivity index (χ0) is 14.7. The SMILES string of the molecule is COC[C@@H]1CN(c2cc(OC)ncn2)Cc2cncn2C1. The first-order valence-electron chi connectivity index (χ1n) is 6.89. The number of fused-ring (bicyclic) bond motifs is 1. The molecule has 2 aromatic rings. The average Bonchev–Trinajstić information content (AvgIpc) is 2.86. The highest BCUT2D eigenvalue weighted by Gasteiger charge is 2.23. The Hall–Kier alpha value is -2.15. The molecule has 0 amide bonds. The topological polar surface area (TPSA) is 65.3 Å². The number of nitrogens with zero attached hydrogens (tertiary/aromatic N) is 5. The normalized spacial score (nSPS) is 18.2. The van der Waals surface area contributed by atoms with Crippen molar-refractivity contribution in [1.82, 2.24) is 19.5 Å². The van der Waals surface area contributed by atoms with Crippen molar-refractivity contribution in [3.8, 4) is 5.88 Å². The second-order valence-electron chi connectivity index (χ2n) is 5.16. The third-order valence-corrected chi connectivity index (χ3v) is 3.65. The van der Waals surface area contributed by atoms with Crippen molar-refractivity contribution >= 4 is 5.82 Å². The van der Waals surface area contributed by atoms with Crippen molar-refractivity contribution in [3.05, 3.63) is 30.6 Å². The van der Waals surface area contributed by atoms with Gasteiger partial charge in [0.1, 0.15) is 12.1 Å². The van der Waals surface area contributed by atoms with Gasteiger partial charge in [0, 0.05) is 38.4 Å². The Morgan fingerprint density at radius 2 is 2.19 bits per heavy atom. The van der Waals surface area contributed by atoms with E-state index in [2.05, 4.69) is 24.4 Å². The van der Waals surface area contributed by atoms with Crippen LogP contribution in [0, 0.1) is 5.92 Å². The minimum Gasteiger partial charge on any atom is -0.481 e. The molecule has 0 fully saturated rings. The summed E-state index contributed by atoms with van der Waals surface area (Å²) in [6.45, 7) is 3.24. The second-order valence-corrected chi connectivity index (χ2v) is 5.16. The highest BCUT2D eigenvalue weighted by molar-refractivity contribution is 5.41. The van der Waals surface area contributed by atoms with E-state index in [1.165, 1.54) is 12.0 Å². The molecule has 1 aliphatic rings. The van der Waals surface area contributed by atoms with Gasteiger partial charge >= 0.3 is 0 Å². The number of ether oxygens (including phenoxy) is 2. The van der Waals surface area contributed by atoms with Gasteiger partial charge in [-0.15, -0.1) is 0 Å². The summed E-state index contributed by atoms with van der Waals surface area (Å²) in [6, 6.07) is 1.86. The third kappa shape index (κ3) is 2.97. The molecule has 2 aromatic heterocycles. The molecule has 0 saturated heterocycles. The van der Waals surface area contributed by atoms with E-state index < -0.39 is 0 Å². The second kappa shape index (κ2) is 6.09. The summed E-state index contributed by atoms with van der Waals surface area (Å²) in [6.07, 6.45) is 5.31. The molecule has 0 spiro atoms. The van der Waals surface area contributed by atoms with Crippen molar-refractivity contribution in [2.45, 2.75) is 13.1 Å². The van der Waals surface area contributed by atoms with Gasteiger partial charge in [-0.1, -0.05) is 0 Å². The van der Waals surface area contributed by atoms with Crippen molar-refractivity contribution in [2.24, 2.45) is 5.92 Å². The number of methoxy groups -OCH3 is 2. The van der Waals surface area contributed by atoms with E-state index in [0.29, 0.717) is 18.4 Å². The number of hydrogen-bond acceptors (Lipinski definition) is 6. The van der Waals surface area contributed by atoms with Gasteiger partial charge in [-0.05, 0) is 0 Å². The van der Waals surface area contributed by atoms with Gasteiger partial charge in [-0.25, -0.2) is 15.0 Å². The molecule has 0 aromatic carbocycles. The summed E-state index contributed by atoms with van der Waals surface area (Å²) in [5.41, 5.74) is 1.17. The lowest BCUT2D eigenvalue weighted by molar-refractivity contribution is 0.147. The fourth-order valence-corrected chi connectivity index (χ4v) is 2.68. The molecule has 0 unspecified atom stereocenters. The van der Waals surface area contributed by atoms with E-state index in [1.807, 2.05) is 18.6 Å². The first-order chi connectivity index (χ1) is 10.3. The fraction of sp³-hybridized carbons (Fsp3) is 0.500. The Bertz CT molecular complexity index is 601. The Morgan fingerprint density at radius 3 is 3.00 bits per heavy atom. The highest BCUT2D eigenvalue weighted by atomic mass is 16.5. The lowest BCUT2D eigenvalue weighted by Crippen LogP contribution is -2.30. The molecule has 0 radical (unpaired) electrons. The molecule has 0 aliphatic carbocycles. The van der Waals surface area contributed by atoms with Crippen molar-refractivity contribution in [1.29, 1.82) is 0 Å². The molecular formula is C14H19N5O2. The summed E-state index contributed by atoms with van der Waals surface area (Å²) < 4.78 is 12.7.